The fraction of sp³-hybridized carbons (Fsp3) is 0.312. The summed E-state index contributed by atoms with van der Waals surface area (Å²) in [5.41, 5.74) is 3.98. The van der Waals surface area contributed by atoms with Crippen molar-refractivity contribution < 1.29 is 19.1 Å². The van der Waals surface area contributed by atoms with Gasteiger partial charge in [-0.05, 0) is 56.5 Å². The van der Waals surface area contributed by atoms with E-state index in [9.17, 15) is 4.79 Å². The summed E-state index contributed by atoms with van der Waals surface area (Å²) in [5.74, 6) is 0.226. The average Bonchev–Trinajstić information content (AvgIpc) is 2.73. The lowest BCUT2D eigenvalue weighted by Crippen LogP contribution is -1.98. The monoisotopic (exact) mass is 274 g/mol. The van der Waals surface area contributed by atoms with Gasteiger partial charge >= 0.3 is 5.97 Å². The van der Waals surface area contributed by atoms with Crippen LogP contribution in [0.5, 0.6) is 5.75 Å². The van der Waals surface area contributed by atoms with Gasteiger partial charge in [-0.2, -0.15) is 0 Å². The van der Waals surface area contributed by atoms with E-state index in [-0.39, 0.29) is 12.4 Å². The summed E-state index contributed by atoms with van der Waals surface area (Å²) in [6.07, 6.45) is 0. The molecule has 0 atom stereocenters. The van der Waals surface area contributed by atoms with Crippen LogP contribution in [-0.4, -0.2) is 11.1 Å². The average molecular weight is 274 g/mol. The molecule has 0 aliphatic rings. The van der Waals surface area contributed by atoms with Crippen molar-refractivity contribution in [1.82, 2.24) is 0 Å². The Morgan fingerprint density at radius 2 is 1.85 bits per heavy atom. The van der Waals surface area contributed by atoms with Crippen molar-refractivity contribution in [1.29, 1.82) is 0 Å². The van der Waals surface area contributed by atoms with Gasteiger partial charge in [-0.25, -0.2) is 4.79 Å². The standard InChI is InChI=1S/C16H18O4/c1-9-5-10(2)12(4)14(6-9)19-8-13-7-11(3)15(20-13)16(17)18/h5-7H,8H2,1-4H3,(H,17,18). The fourth-order valence-corrected chi connectivity index (χ4v) is 2.13. The van der Waals surface area contributed by atoms with E-state index in [4.69, 9.17) is 14.3 Å². The van der Waals surface area contributed by atoms with Crippen LogP contribution in [0, 0.1) is 27.7 Å². The zero-order valence-electron chi connectivity index (χ0n) is 12.1. The number of hydrogen-bond acceptors (Lipinski definition) is 3. The molecule has 0 saturated carbocycles. The second-order valence-corrected chi connectivity index (χ2v) is 5.02. The molecule has 1 aromatic carbocycles. The number of aryl methyl sites for hydroxylation is 3. The lowest BCUT2D eigenvalue weighted by Gasteiger charge is -2.11. The molecule has 20 heavy (non-hydrogen) atoms. The number of aromatic carboxylic acids is 1. The number of carboxylic acids is 1. The molecule has 2 aromatic rings. The van der Waals surface area contributed by atoms with Crippen molar-refractivity contribution in [2.75, 3.05) is 0 Å². The van der Waals surface area contributed by atoms with Crippen LogP contribution in [-0.2, 0) is 6.61 Å². The van der Waals surface area contributed by atoms with Crippen LogP contribution in [0.15, 0.2) is 22.6 Å². The highest BCUT2D eigenvalue weighted by Crippen LogP contribution is 2.25. The van der Waals surface area contributed by atoms with E-state index in [1.54, 1.807) is 13.0 Å². The summed E-state index contributed by atoms with van der Waals surface area (Å²) in [6, 6.07) is 5.76. The first-order valence-corrected chi connectivity index (χ1v) is 6.41. The van der Waals surface area contributed by atoms with Gasteiger partial charge in [0.25, 0.3) is 0 Å². The number of hydrogen-bond donors (Lipinski definition) is 1. The minimum absolute atomic E-state index is 0.0271. The van der Waals surface area contributed by atoms with Crippen molar-refractivity contribution >= 4 is 5.97 Å². The molecular formula is C16H18O4. The Kier molecular flexibility index (Phi) is 3.84. The summed E-state index contributed by atoms with van der Waals surface area (Å²) in [7, 11) is 0. The summed E-state index contributed by atoms with van der Waals surface area (Å²) in [5, 5.41) is 8.95. The van der Waals surface area contributed by atoms with Gasteiger partial charge in [0.15, 0.2) is 0 Å². The fourth-order valence-electron chi connectivity index (χ4n) is 2.13. The number of carbonyl (C=O) groups is 1. The van der Waals surface area contributed by atoms with Crippen molar-refractivity contribution in [3.63, 3.8) is 0 Å². The Hall–Kier alpha value is -2.23. The maximum absolute atomic E-state index is 10.9. The molecule has 0 spiro atoms. The highest BCUT2D eigenvalue weighted by molar-refractivity contribution is 5.86. The van der Waals surface area contributed by atoms with Gasteiger partial charge in [0.2, 0.25) is 5.76 Å². The SMILES string of the molecule is Cc1cc(C)c(C)c(OCc2cc(C)c(C(=O)O)o2)c1. The second-order valence-electron chi connectivity index (χ2n) is 5.02. The van der Waals surface area contributed by atoms with Crippen LogP contribution in [0.2, 0.25) is 0 Å². The van der Waals surface area contributed by atoms with Crippen molar-refractivity contribution in [2.45, 2.75) is 34.3 Å². The maximum atomic E-state index is 10.9. The molecule has 4 heteroatoms. The number of furan rings is 1. The first kappa shape index (κ1) is 14.2. The molecule has 0 aliphatic heterocycles. The number of carboxylic acid groups (broad SMARTS) is 1. The van der Waals surface area contributed by atoms with Crippen molar-refractivity contribution in [3.8, 4) is 5.75 Å². The van der Waals surface area contributed by atoms with Gasteiger partial charge in [-0.3, -0.25) is 0 Å². The molecule has 0 amide bonds. The lowest BCUT2D eigenvalue weighted by atomic mass is 10.1. The number of rotatable bonds is 4. The molecule has 0 bridgehead atoms. The lowest BCUT2D eigenvalue weighted by molar-refractivity contribution is 0.0657. The van der Waals surface area contributed by atoms with Crippen LogP contribution in [0.1, 0.15) is 38.6 Å². The maximum Gasteiger partial charge on any atom is 0.372 e. The molecule has 0 saturated heterocycles. The van der Waals surface area contributed by atoms with E-state index in [0.717, 1.165) is 16.9 Å². The Labute approximate surface area is 118 Å². The van der Waals surface area contributed by atoms with Crippen LogP contribution in [0.3, 0.4) is 0 Å². The van der Waals surface area contributed by atoms with E-state index in [2.05, 4.69) is 6.07 Å². The van der Waals surface area contributed by atoms with E-state index in [1.165, 1.54) is 5.56 Å². The molecule has 106 valence electrons. The van der Waals surface area contributed by atoms with Gasteiger partial charge in [-0.1, -0.05) is 6.07 Å². The molecule has 1 heterocycles. The topological polar surface area (TPSA) is 59.7 Å². The highest BCUT2D eigenvalue weighted by atomic mass is 16.5. The predicted octanol–water partition coefficient (Wildman–Crippen LogP) is 3.79. The van der Waals surface area contributed by atoms with Crippen LogP contribution < -0.4 is 4.74 Å². The molecule has 1 aromatic heterocycles. The zero-order chi connectivity index (χ0) is 14.9. The minimum atomic E-state index is -1.06. The normalized spacial score (nSPS) is 10.6. The first-order valence-electron chi connectivity index (χ1n) is 6.41. The molecule has 4 nitrogen and oxygen atoms in total. The van der Waals surface area contributed by atoms with Crippen LogP contribution >= 0.6 is 0 Å². The van der Waals surface area contributed by atoms with E-state index in [0.29, 0.717) is 11.3 Å². The summed E-state index contributed by atoms with van der Waals surface area (Å²) >= 11 is 0. The summed E-state index contributed by atoms with van der Waals surface area (Å²) < 4.78 is 11.0. The molecule has 0 aliphatic carbocycles. The van der Waals surface area contributed by atoms with Gasteiger partial charge < -0.3 is 14.3 Å². The van der Waals surface area contributed by atoms with Gasteiger partial charge in [-0.15, -0.1) is 0 Å². The van der Waals surface area contributed by atoms with Crippen molar-refractivity contribution in [2.24, 2.45) is 0 Å². The number of benzene rings is 1. The third-order valence-corrected chi connectivity index (χ3v) is 3.30. The number of ether oxygens (including phenoxy) is 1. The summed E-state index contributed by atoms with van der Waals surface area (Å²) in [4.78, 5) is 10.9. The molecule has 1 N–H and O–H groups in total. The first-order chi connectivity index (χ1) is 9.38. The molecule has 2 rings (SSSR count). The molecular weight excluding hydrogens is 256 g/mol. The highest BCUT2D eigenvalue weighted by Gasteiger charge is 2.15. The van der Waals surface area contributed by atoms with Crippen LogP contribution in [0.4, 0.5) is 0 Å². The van der Waals surface area contributed by atoms with E-state index >= 15 is 0 Å². The predicted molar refractivity (Wildman–Crippen MR) is 75.4 cm³/mol. The van der Waals surface area contributed by atoms with Crippen LogP contribution in [0.25, 0.3) is 0 Å². The third-order valence-electron chi connectivity index (χ3n) is 3.30. The van der Waals surface area contributed by atoms with E-state index in [1.807, 2.05) is 26.8 Å². The minimum Gasteiger partial charge on any atom is -0.485 e. The Morgan fingerprint density at radius 3 is 2.45 bits per heavy atom. The quantitative estimate of drug-likeness (QED) is 0.921. The zero-order valence-corrected chi connectivity index (χ0v) is 12.1. The molecule has 0 unspecified atom stereocenters. The van der Waals surface area contributed by atoms with Gasteiger partial charge in [0, 0.05) is 5.56 Å². The second kappa shape index (κ2) is 5.41. The van der Waals surface area contributed by atoms with Crippen molar-refractivity contribution in [3.05, 3.63) is 52.0 Å². The molecule has 0 radical (unpaired) electrons. The Balaban J connectivity index is 2.17. The molecule has 0 fully saturated rings. The summed E-state index contributed by atoms with van der Waals surface area (Å²) in [6.45, 7) is 7.98. The van der Waals surface area contributed by atoms with Gasteiger partial charge in [0.05, 0.1) is 0 Å². The Morgan fingerprint density at radius 1 is 1.15 bits per heavy atom. The largest absolute Gasteiger partial charge is 0.485 e. The third kappa shape index (κ3) is 2.85. The Bertz CT molecular complexity index is 653. The van der Waals surface area contributed by atoms with E-state index < -0.39 is 5.97 Å². The smallest absolute Gasteiger partial charge is 0.372 e. The van der Waals surface area contributed by atoms with Gasteiger partial charge in [0.1, 0.15) is 18.1 Å².